The van der Waals surface area contributed by atoms with Crippen LogP contribution in [0.3, 0.4) is 0 Å². The largest absolute Gasteiger partial charge is 0.461 e. The third-order valence-electron chi connectivity index (χ3n) is 5.35. The molecule has 0 radical (unpaired) electrons. The first-order chi connectivity index (χ1) is 19.9. The minimum atomic E-state index is 0.0714. The van der Waals surface area contributed by atoms with Gasteiger partial charge in [0.05, 0.1) is 12.2 Å². The molecule has 0 atom stereocenters. The van der Waals surface area contributed by atoms with E-state index in [9.17, 15) is 9.59 Å². The van der Waals surface area contributed by atoms with E-state index in [4.69, 9.17) is 20.5 Å². The Labute approximate surface area is 246 Å². The second-order valence-electron chi connectivity index (χ2n) is 8.14. The van der Waals surface area contributed by atoms with Crippen molar-refractivity contribution in [1.29, 1.82) is 5.26 Å². The average Bonchev–Trinajstić information content (AvgIpc) is 3.58. The molecule has 226 valence electrons. The number of nitrogens with one attached hydrogen (secondary N) is 1. The molecule has 0 spiro atoms. The van der Waals surface area contributed by atoms with Gasteiger partial charge in [0.1, 0.15) is 17.6 Å². The third kappa shape index (κ3) is 19.4. The molecule has 41 heavy (non-hydrogen) atoms. The number of fused-ring (bicyclic) bond motifs is 1. The van der Waals surface area contributed by atoms with Gasteiger partial charge in [-0.05, 0) is 77.0 Å². The summed E-state index contributed by atoms with van der Waals surface area (Å²) >= 11 is 0. The summed E-state index contributed by atoms with van der Waals surface area (Å²) < 4.78 is 5.43. The first kappa shape index (κ1) is 41.2. The second-order valence-corrected chi connectivity index (χ2v) is 8.14. The summed E-state index contributed by atoms with van der Waals surface area (Å²) in [6.45, 7) is 9.56. The number of carbonyl (C=O) groups is 2. The van der Waals surface area contributed by atoms with Crippen LogP contribution in [-0.2, 0) is 9.59 Å². The Morgan fingerprint density at radius 1 is 1.10 bits per heavy atom. The lowest BCUT2D eigenvalue weighted by Gasteiger charge is -2.16. The summed E-state index contributed by atoms with van der Waals surface area (Å²) in [6, 6.07) is 7.36. The van der Waals surface area contributed by atoms with Crippen LogP contribution < -0.4 is 11.1 Å². The number of aliphatic imine (C=N–C) groups is 1. The number of terminal acetylenes is 2. The topological polar surface area (TPSA) is 148 Å². The van der Waals surface area contributed by atoms with Gasteiger partial charge in [0.2, 0.25) is 11.9 Å². The fraction of sp³-hybridized carbons (Fsp3) is 0.484. The number of likely N-dealkylation sites (tertiary alicyclic amines) is 2. The van der Waals surface area contributed by atoms with Crippen LogP contribution in [-0.4, -0.2) is 73.4 Å². The maximum Gasteiger partial charge on any atom is 0.222 e. The summed E-state index contributed by atoms with van der Waals surface area (Å²) in [5, 5.41) is 18.6. The number of hydrogen-bond donors (Lipinski definition) is 3. The molecule has 10 nitrogen and oxygen atoms in total. The predicted molar refractivity (Wildman–Crippen MR) is 168 cm³/mol. The fourth-order valence-corrected chi connectivity index (χ4v) is 3.65. The number of nitrogens with zero attached hydrogens (tertiary/aromatic N) is 4. The minimum absolute atomic E-state index is 0.0714. The highest BCUT2D eigenvalue weighted by Gasteiger charge is 2.14. The summed E-state index contributed by atoms with van der Waals surface area (Å²) in [6.07, 6.45) is 25.1. The Balaban J connectivity index is -0.000000502. The van der Waals surface area contributed by atoms with Gasteiger partial charge in [-0.2, -0.15) is 5.26 Å². The molecule has 4 N–H and O–H groups in total. The molecule has 0 saturated carbocycles. The molecule has 3 heterocycles. The normalized spacial score (nSPS) is 13.8. The van der Waals surface area contributed by atoms with Crippen LogP contribution in [0.15, 0.2) is 33.7 Å². The molecule has 1 aromatic carbocycles. The SMILES string of the molecule is C#C.C#C.CC.CN1CCCC1.CO.Cc1cc2cc(N=C(N)NC#N)ccc2o1.O=CCN1CCCCCC1=O. The molecule has 2 aliphatic rings. The number of benzene rings is 1. The van der Waals surface area contributed by atoms with E-state index in [2.05, 4.69) is 48.0 Å². The number of rotatable bonds is 3. The van der Waals surface area contributed by atoms with E-state index in [1.54, 1.807) is 17.2 Å². The van der Waals surface area contributed by atoms with Gasteiger partial charge in [-0.3, -0.25) is 10.1 Å². The Morgan fingerprint density at radius 2 is 1.68 bits per heavy atom. The predicted octanol–water partition coefficient (Wildman–Crippen LogP) is 4.19. The zero-order chi connectivity index (χ0) is 32.1. The lowest BCUT2D eigenvalue weighted by atomic mass is 10.2. The van der Waals surface area contributed by atoms with E-state index < -0.39 is 0 Å². The van der Waals surface area contributed by atoms with Crippen molar-refractivity contribution in [2.45, 2.75) is 59.3 Å². The number of aliphatic hydroxyl groups is 1. The van der Waals surface area contributed by atoms with E-state index in [-0.39, 0.29) is 18.4 Å². The van der Waals surface area contributed by atoms with Crippen molar-refractivity contribution >= 4 is 34.8 Å². The first-order valence-corrected chi connectivity index (χ1v) is 13.4. The molecule has 0 unspecified atom stereocenters. The maximum absolute atomic E-state index is 11.2. The summed E-state index contributed by atoms with van der Waals surface area (Å²) in [5.41, 5.74) is 6.94. The molecule has 2 fully saturated rings. The number of furan rings is 1. The Morgan fingerprint density at radius 3 is 2.20 bits per heavy atom. The van der Waals surface area contributed by atoms with Crippen LogP contribution in [0.25, 0.3) is 11.0 Å². The quantitative estimate of drug-likeness (QED) is 0.125. The lowest BCUT2D eigenvalue weighted by Crippen LogP contribution is -2.31. The van der Waals surface area contributed by atoms with Crippen molar-refractivity contribution in [3.63, 3.8) is 0 Å². The smallest absolute Gasteiger partial charge is 0.222 e. The molecular formula is C31H48N6O4. The number of guanidine groups is 1. The van der Waals surface area contributed by atoms with Crippen LogP contribution >= 0.6 is 0 Å². The van der Waals surface area contributed by atoms with Crippen LogP contribution in [0.1, 0.15) is 58.1 Å². The van der Waals surface area contributed by atoms with Crippen LogP contribution in [0.2, 0.25) is 0 Å². The highest BCUT2D eigenvalue weighted by atomic mass is 16.3. The van der Waals surface area contributed by atoms with E-state index in [1.165, 1.54) is 25.9 Å². The van der Waals surface area contributed by atoms with Crippen molar-refractivity contribution in [3.8, 4) is 31.9 Å². The van der Waals surface area contributed by atoms with Crippen molar-refractivity contribution in [2.75, 3.05) is 40.3 Å². The van der Waals surface area contributed by atoms with Crippen molar-refractivity contribution in [3.05, 3.63) is 30.0 Å². The van der Waals surface area contributed by atoms with Gasteiger partial charge < -0.3 is 29.9 Å². The van der Waals surface area contributed by atoms with Crippen molar-refractivity contribution < 1.29 is 19.1 Å². The van der Waals surface area contributed by atoms with Gasteiger partial charge in [0.15, 0.2) is 6.19 Å². The van der Waals surface area contributed by atoms with Crippen LogP contribution in [0, 0.1) is 44.1 Å². The van der Waals surface area contributed by atoms with E-state index in [0.29, 0.717) is 12.1 Å². The molecule has 2 saturated heterocycles. The van der Waals surface area contributed by atoms with Gasteiger partial charge in [0.25, 0.3) is 0 Å². The Hall–Kier alpha value is -4.30. The van der Waals surface area contributed by atoms with Gasteiger partial charge in [-0.15, -0.1) is 25.7 Å². The number of hydrogen-bond acceptors (Lipinski definition) is 7. The van der Waals surface area contributed by atoms with Gasteiger partial charge in [0, 0.05) is 25.5 Å². The van der Waals surface area contributed by atoms with Crippen molar-refractivity contribution in [1.82, 2.24) is 15.1 Å². The van der Waals surface area contributed by atoms with Crippen LogP contribution in [0.4, 0.5) is 5.69 Å². The Kier molecular flexibility index (Phi) is 28.8. The number of aryl methyl sites for hydroxylation is 1. The number of amides is 1. The lowest BCUT2D eigenvalue weighted by molar-refractivity contribution is -0.132. The Bertz CT molecular complexity index is 1060. The second kappa shape index (κ2) is 28.7. The minimum Gasteiger partial charge on any atom is -0.461 e. The summed E-state index contributed by atoms with van der Waals surface area (Å²) in [4.78, 5) is 29.3. The van der Waals surface area contributed by atoms with Gasteiger partial charge in [-0.1, -0.05) is 20.3 Å². The van der Waals surface area contributed by atoms with Gasteiger partial charge in [-0.25, -0.2) is 4.99 Å². The standard InChI is InChI=1S/C11H10N4O.C8H13NO2.C5H11N.C2H6.2C2H2.CH4O/c1-7-4-8-5-9(2-3-10(8)16-7)15-11(13)14-6-12;10-7-6-9-5-3-1-2-4-8(9)11;1-6-4-2-3-5-6;4*1-2/h2-5H,1H3,(H3,13,14,15);7H,1-6H2;2-5H2,1H3;1-2H3;2*1-2H;2H,1H3. The maximum atomic E-state index is 11.2. The highest BCUT2D eigenvalue weighted by molar-refractivity contribution is 5.86. The number of carbonyl (C=O) groups excluding carboxylic acids is 2. The zero-order valence-electron chi connectivity index (χ0n) is 25.3. The van der Waals surface area contributed by atoms with Gasteiger partial charge >= 0.3 is 0 Å². The molecule has 1 aromatic heterocycles. The number of nitrogens with two attached hydrogens (primary N) is 1. The first-order valence-electron chi connectivity index (χ1n) is 13.4. The highest BCUT2D eigenvalue weighted by Crippen LogP contribution is 2.24. The number of aldehydes is 1. The van der Waals surface area contributed by atoms with Crippen LogP contribution in [0.5, 0.6) is 0 Å². The number of aliphatic hydroxyl groups excluding tert-OH is 1. The molecule has 2 aromatic rings. The molecule has 4 rings (SSSR count). The van der Waals surface area contributed by atoms with Crippen molar-refractivity contribution in [2.24, 2.45) is 10.7 Å². The molecule has 1 amide bonds. The summed E-state index contributed by atoms with van der Waals surface area (Å²) in [5.74, 6) is 1.05. The average molecular weight is 569 g/mol. The summed E-state index contributed by atoms with van der Waals surface area (Å²) in [7, 11) is 3.17. The van der Waals surface area contributed by atoms with E-state index in [1.807, 2.05) is 39.0 Å². The fourth-order valence-electron chi connectivity index (χ4n) is 3.65. The van der Waals surface area contributed by atoms with E-state index in [0.717, 1.165) is 55.9 Å². The molecule has 0 bridgehead atoms. The molecule has 2 aliphatic heterocycles. The third-order valence-corrected chi connectivity index (χ3v) is 5.35. The zero-order valence-corrected chi connectivity index (χ0v) is 25.3. The number of nitriles is 1. The molecule has 0 aliphatic carbocycles. The van der Waals surface area contributed by atoms with E-state index >= 15 is 0 Å². The molecular weight excluding hydrogens is 520 g/mol. The monoisotopic (exact) mass is 568 g/mol. The molecule has 10 heteroatoms.